The molecule has 0 saturated heterocycles. The molecule has 0 aliphatic carbocycles. The molecular formula is C14H13Cl2NO. The van der Waals surface area contributed by atoms with Crippen LogP contribution in [-0.2, 0) is 13.2 Å². The highest BCUT2D eigenvalue weighted by Gasteiger charge is 2.03. The lowest BCUT2D eigenvalue weighted by atomic mass is 10.1. The Balaban J connectivity index is 2.11. The lowest BCUT2D eigenvalue weighted by Gasteiger charge is -2.10. The van der Waals surface area contributed by atoms with Crippen LogP contribution in [0.15, 0.2) is 42.5 Å². The minimum absolute atomic E-state index is 0.448. The molecule has 2 rings (SSSR count). The van der Waals surface area contributed by atoms with Gasteiger partial charge >= 0.3 is 0 Å². The van der Waals surface area contributed by atoms with E-state index in [4.69, 9.17) is 33.7 Å². The highest BCUT2D eigenvalue weighted by Crippen LogP contribution is 2.25. The van der Waals surface area contributed by atoms with Gasteiger partial charge < -0.3 is 10.5 Å². The third-order valence-corrected chi connectivity index (χ3v) is 3.01. The van der Waals surface area contributed by atoms with Crippen LogP contribution in [0, 0.1) is 0 Å². The number of ether oxygens (including phenoxy) is 1. The first kappa shape index (κ1) is 13.2. The molecule has 4 heteroatoms. The highest BCUT2D eigenvalue weighted by molar-refractivity contribution is 6.34. The SMILES string of the molecule is NCc1ccccc1COc1cc(Cl)cc(Cl)c1. The summed E-state index contributed by atoms with van der Waals surface area (Å²) in [6, 6.07) is 13.0. The minimum Gasteiger partial charge on any atom is -0.489 e. The molecule has 0 fully saturated rings. The van der Waals surface area contributed by atoms with Gasteiger partial charge in [0.25, 0.3) is 0 Å². The summed E-state index contributed by atoms with van der Waals surface area (Å²) in [6.45, 7) is 0.944. The van der Waals surface area contributed by atoms with Gasteiger partial charge in [0.1, 0.15) is 12.4 Å². The Morgan fingerprint density at radius 2 is 1.56 bits per heavy atom. The number of rotatable bonds is 4. The van der Waals surface area contributed by atoms with Gasteiger partial charge in [-0.25, -0.2) is 0 Å². The first-order chi connectivity index (χ1) is 8.69. The molecule has 2 aromatic rings. The highest BCUT2D eigenvalue weighted by atomic mass is 35.5. The molecule has 0 amide bonds. The van der Waals surface area contributed by atoms with Gasteiger partial charge in [-0.1, -0.05) is 47.5 Å². The topological polar surface area (TPSA) is 35.2 Å². The zero-order valence-electron chi connectivity index (χ0n) is 9.70. The van der Waals surface area contributed by atoms with E-state index in [2.05, 4.69) is 0 Å². The van der Waals surface area contributed by atoms with Gasteiger partial charge in [0.05, 0.1) is 0 Å². The van der Waals surface area contributed by atoms with E-state index in [9.17, 15) is 0 Å². The summed E-state index contributed by atoms with van der Waals surface area (Å²) in [5.41, 5.74) is 7.81. The minimum atomic E-state index is 0.448. The van der Waals surface area contributed by atoms with Gasteiger partial charge in [-0.05, 0) is 29.3 Å². The van der Waals surface area contributed by atoms with Crippen molar-refractivity contribution in [2.24, 2.45) is 5.73 Å². The summed E-state index contributed by atoms with van der Waals surface area (Å²) in [6.07, 6.45) is 0. The van der Waals surface area contributed by atoms with Crippen molar-refractivity contribution in [3.63, 3.8) is 0 Å². The van der Waals surface area contributed by atoms with E-state index >= 15 is 0 Å². The maximum absolute atomic E-state index is 5.91. The summed E-state index contributed by atoms with van der Waals surface area (Å²) >= 11 is 11.8. The normalized spacial score (nSPS) is 10.4. The number of hydrogen-bond donors (Lipinski definition) is 1. The molecule has 0 unspecified atom stereocenters. The van der Waals surface area contributed by atoms with Crippen LogP contribution in [-0.4, -0.2) is 0 Å². The van der Waals surface area contributed by atoms with E-state index in [1.54, 1.807) is 18.2 Å². The van der Waals surface area contributed by atoms with Crippen LogP contribution in [0.3, 0.4) is 0 Å². The summed E-state index contributed by atoms with van der Waals surface area (Å²) in [4.78, 5) is 0. The maximum Gasteiger partial charge on any atom is 0.122 e. The lowest BCUT2D eigenvalue weighted by Crippen LogP contribution is -2.04. The smallest absolute Gasteiger partial charge is 0.122 e. The van der Waals surface area contributed by atoms with Gasteiger partial charge in [-0.3, -0.25) is 0 Å². The molecule has 2 aromatic carbocycles. The average Bonchev–Trinajstić information content (AvgIpc) is 2.35. The van der Waals surface area contributed by atoms with Gasteiger partial charge in [-0.2, -0.15) is 0 Å². The van der Waals surface area contributed by atoms with E-state index in [1.165, 1.54) is 0 Å². The van der Waals surface area contributed by atoms with Crippen molar-refractivity contribution in [1.29, 1.82) is 0 Å². The molecule has 0 aromatic heterocycles. The Kier molecular flexibility index (Phi) is 4.48. The van der Waals surface area contributed by atoms with E-state index in [0.717, 1.165) is 11.1 Å². The fourth-order valence-electron chi connectivity index (χ4n) is 1.67. The fourth-order valence-corrected chi connectivity index (χ4v) is 2.18. The van der Waals surface area contributed by atoms with Crippen LogP contribution in [0.1, 0.15) is 11.1 Å². The molecular weight excluding hydrogens is 269 g/mol. The third kappa shape index (κ3) is 3.39. The predicted octanol–water partition coefficient (Wildman–Crippen LogP) is 4.03. The number of hydrogen-bond acceptors (Lipinski definition) is 2. The Bertz CT molecular complexity index is 523. The maximum atomic E-state index is 5.91. The van der Waals surface area contributed by atoms with Crippen molar-refractivity contribution in [3.8, 4) is 5.75 Å². The Hall–Kier alpha value is -1.22. The van der Waals surface area contributed by atoms with Crippen LogP contribution in [0.25, 0.3) is 0 Å². The molecule has 0 heterocycles. The lowest BCUT2D eigenvalue weighted by molar-refractivity contribution is 0.305. The van der Waals surface area contributed by atoms with Crippen molar-refractivity contribution >= 4 is 23.2 Å². The second-order valence-electron chi connectivity index (χ2n) is 3.87. The Morgan fingerprint density at radius 3 is 2.17 bits per heavy atom. The first-order valence-corrected chi connectivity index (χ1v) is 6.30. The molecule has 0 aliphatic heterocycles. The van der Waals surface area contributed by atoms with Crippen molar-refractivity contribution in [3.05, 3.63) is 63.6 Å². The number of halogens is 2. The molecule has 2 nitrogen and oxygen atoms in total. The second-order valence-corrected chi connectivity index (χ2v) is 4.74. The van der Waals surface area contributed by atoms with E-state index in [0.29, 0.717) is 28.9 Å². The summed E-state index contributed by atoms with van der Waals surface area (Å²) in [5, 5.41) is 1.12. The molecule has 0 atom stereocenters. The first-order valence-electron chi connectivity index (χ1n) is 5.55. The second kappa shape index (κ2) is 6.10. The van der Waals surface area contributed by atoms with Crippen molar-refractivity contribution in [2.75, 3.05) is 0 Å². The standard InChI is InChI=1S/C14H13Cl2NO/c15-12-5-13(16)7-14(6-12)18-9-11-4-2-1-3-10(11)8-17/h1-7H,8-9,17H2. The van der Waals surface area contributed by atoms with E-state index in [1.807, 2.05) is 24.3 Å². The summed E-state index contributed by atoms with van der Waals surface area (Å²) in [5.74, 6) is 0.652. The quantitative estimate of drug-likeness (QED) is 0.918. The Morgan fingerprint density at radius 1 is 0.944 bits per heavy atom. The molecule has 0 radical (unpaired) electrons. The van der Waals surface area contributed by atoms with Crippen LogP contribution in [0.4, 0.5) is 0 Å². The molecule has 0 spiro atoms. The van der Waals surface area contributed by atoms with Crippen LogP contribution < -0.4 is 10.5 Å². The van der Waals surface area contributed by atoms with E-state index in [-0.39, 0.29) is 0 Å². The van der Waals surface area contributed by atoms with Gasteiger partial charge in [0.2, 0.25) is 0 Å². The average molecular weight is 282 g/mol. The van der Waals surface area contributed by atoms with Crippen LogP contribution in [0.5, 0.6) is 5.75 Å². The fraction of sp³-hybridized carbons (Fsp3) is 0.143. The van der Waals surface area contributed by atoms with Crippen molar-refractivity contribution in [2.45, 2.75) is 13.2 Å². The van der Waals surface area contributed by atoms with Gasteiger partial charge in [-0.15, -0.1) is 0 Å². The zero-order valence-corrected chi connectivity index (χ0v) is 11.2. The van der Waals surface area contributed by atoms with Gasteiger partial charge in [0.15, 0.2) is 0 Å². The summed E-state index contributed by atoms with van der Waals surface area (Å²) in [7, 11) is 0. The molecule has 0 aliphatic rings. The molecule has 18 heavy (non-hydrogen) atoms. The van der Waals surface area contributed by atoms with Gasteiger partial charge in [0, 0.05) is 16.6 Å². The predicted molar refractivity (Wildman–Crippen MR) is 75.1 cm³/mol. The molecule has 0 bridgehead atoms. The Labute approximate surface area is 116 Å². The van der Waals surface area contributed by atoms with Crippen molar-refractivity contribution < 1.29 is 4.74 Å². The third-order valence-electron chi connectivity index (χ3n) is 2.57. The summed E-state index contributed by atoms with van der Waals surface area (Å²) < 4.78 is 5.67. The largest absolute Gasteiger partial charge is 0.489 e. The van der Waals surface area contributed by atoms with E-state index < -0.39 is 0 Å². The van der Waals surface area contributed by atoms with Crippen LogP contribution >= 0.6 is 23.2 Å². The number of benzene rings is 2. The monoisotopic (exact) mass is 281 g/mol. The van der Waals surface area contributed by atoms with Crippen LogP contribution in [0.2, 0.25) is 10.0 Å². The zero-order chi connectivity index (χ0) is 13.0. The van der Waals surface area contributed by atoms with Crippen molar-refractivity contribution in [1.82, 2.24) is 0 Å². The molecule has 94 valence electrons. The molecule has 2 N–H and O–H groups in total. The number of nitrogens with two attached hydrogens (primary N) is 1. The molecule has 0 saturated carbocycles.